The standard InChI is InChI=1S/C23H22ClFN2O2/c24-19-6-1-17(2-7-19)3-10-21(28)27-15-23(16-27)11-13-26(14-12-23)22(29)18-4-8-20(25)9-5-18/h1-10H,11-16H2/b10-3+. The van der Waals surface area contributed by atoms with E-state index in [0.29, 0.717) is 23.7 Å². The van der Waals surface area contributed by atoms with Gasteiger partial charge in [0, 0.05) is 48.3 Å². The van der Waals surface area contributed by atoms with Crippen molar-refractivity contribution in [2.75, 3.05) is 26.2 Å². The van der Waals surface area contributed by atoms with E-state index in [4.69, 9.17) is 11.6 Å². The van der Waals surface area contributed by atoms with Crippen LogP contribution in [0.25, 0.3) is 6.08 Å². The Morgan fingerprint density at radius 2 is 1.55 bits per heavy atom. The summed E-state index contributed by atoms with van der Waals surface area (Å²) in [6.07, 6.45) is 5.16. The Morgan fingerprint density at radius 3 is 2.17 bits per heavy atom. The van der Waals surface area contributed by atoms with Gasteiger partial charge in [-0.15, -0.1) is 0 Å². The molecule has 150 valence electrons. The average molecular weight is 413 g/mol. The lowest BCUT2D eigenvalue weighted by Crippen LogP contribution is -2.62. The zero-order valence-electron chi connectivity index (χ0n) is 16.0. The summed E-state index contributed by atoms with van der Waals surface area (Å²) in [5, 5.41) is 0.669. The van der Waals surface area contributed by atoms with E-state index in [-0.39, 0.29) is 23.0 Å². The summed E-state index contributed by atoms with van der Waals surface area (Å²) in [7, 11) is 0. The highest BCUT2D eigenvalue weighted by atomic mass is 35.5. The molecule has 0 saturated carbocycles. The van der Waals surface area contributed by atoms with Gasteiger partial charge >= 0.3 is 0 Å². The largest absolute Gasteiger partial charge is 0.339 e. The van der Waals surface area contributed by atoms with Gasteiger partial charge in [0.15, 0.2) is 0 Å². The third-order valence-electron chi connectivity index (χ3n) is 5.86. The van der Waals surface area contributed by atoms with Crippen molar-refractivity contribution in [3.8, 4) is 0 Å². The lowest BCUT2D eigenvalue weighted by Gasteiger charge is -2.53. The van der Waals surface area contributed by atoms with Gasteiger partial charge in [-0.05, 0) is 60.9 Å². The smallest absolute Gasteiger partial charge is 0.253 e. The number of hydrogen-bond donors (Lipinski definition) is 0. The molecule has 2 aromatic rings. The second kappa shape index (κ2) is 7.99. The molecule has 2 heterocycles. The summed E-state index contributed by atoms with van der Waals surface area (Å²) in [5.41, 5.74) is 1.56. The van der Waals surface area contributed by atoms with Crippen molar-refractivity contribution in [2.45, 2.75) is 12.8 Å². The van der Waals surface area contributed by atoms with Gasteiger partial charge in [0.25, 0.3) is 5.91 Å². The topological polar surface area (TPSA) is 40.6 Å². The molecule has 2 aliphatic heterocycles. The van der Waals surface area contributed by atoms with Crippen LogP contribution < -0.4 is 0 Å². The minimum atomic E-state index is -0.344. The van der Waals surface area contributed by atoms with E-state index in [9.17, 15) is 14.0 Å². The van der Waals surface area contributed by atoms with Crippen molar-refractivity contribution >= 4 is 29.5 Å². The Hall–Kier alpha value is -2.66. The molecule has 2 saturated heterocycles. The molecular weight excluding hydrogens is 391 g/mol. The SMILES string of the molecule is O=C(/C=C/c1ccc(Cl)cc1)N1CC2(CCN(C(=O)c3ccc(F)cc3)CC2)C1. The third kappa shape index (κ3) is 4.35. The quantitative estimate of drug-likeness (QED) is 0.707. The number of amides is 2. The minimum absolute atomic E-state index is 0.00962. The van der Waals surface area contributed by atoms with Crippen molar-refractivity contribution in [2.24, 2.45) is 5.41 Å². The van der Waals surface area contributed by atoms with E-state index < -0.39 is 0 Å². The molecule has 2 amide bonds. The Kier molecular flexibility index (Phi) is 5.41. The first-order valence-corrected chi connectivity index (χ1v) is 10.1. The molecule has 0 radical (unpaired) electrons. The van der Waals surface area contributed by atoms with Crippen LogP contribution in [0.2, 0.25) is 5.02 Å². The maximum absolute atomic E-state index is 13.0. The third-order valence-corrected chi connectivity index (χ3v) is 6.11. The van der Waals surface area contributed by atoms with Crippen molar-refractivity contribution in [1.82, 2.24) is 9.80 Å². The summed E-state index contributed by atoms with van der Waals surface area (Å²) < 4.78 is 13.0. The van der Waals surface area contributed by atoms with E-state index in [1.165, 1.54) is 24.3 Å². The number of benzene rings is 2. The normalized spacial score (nSPS) is 18.1. The molecule has 0 aliphatic carbocycles. The Morgan fingerprint density at radius 1 is 0.931 bits per heavy atom. The van der Waals surface area contributed by atoms with Gasteiger partial charge in [-0.1, -0.05) is 23.7 Å². The van der Waals surface area contributed by atoms with Gasteiger partial charge in [-0.25, -0.2) is 4.39 Å². The average Bonchev–Trinajstić information content (AvgIpc) is 2.71. The highest BCUT2D eigenvalue weighted by Gasteiger charge is 2.46. The Labute approximate surface area is 174 Å². The lowest BCUT2D eigenvalue weighted by molar-refractivity contribution is -0.140. The summed E-state index contributed by atoms with van der Waals surface area (Å²) in [6, 6.07) is 13.0. The van der Waals surface area contributed by atoms with Gasteiger partial charge in [0.1, 0.15) is 5.82 Å². The van der Waals surface area contributed by atoms with Crippen LogP contribution in [0, 0.1) is 11.2 Å². The maximum atomic E-state index is 13.0. The first-order valence-electron chi connectivity index (χ1n) is 9.72. The van der Waals surface area contributed by atoms with Crippen LogP contribution in [-0.4, -0.2) is 47.8 Å². The fourth-order valence-corrected chi connectivity index (χ4v) is 4.17. The molecule has 1 spiro atoms. The van der Waals surface area contributed by atoms with Crippen molar-refractivity contribution in [1.29, 1.82) is 0 Å². The highest BCUT2D eigenvalue weighted by Crippen LogP contribution is 2.40. The van der Waals surface area contributed by atoms with Crippen LogP contribution in [-0.2, 0) is 4.79 Å². The number of carbonyl (C=O) groups is 2. The van der Waals surface area contributed by atoms with Gasteiger partial charge in [-0.2, -0.15) is 0 Å². The maximum Gasteiger partial charge on any atom is 0.253 e. The highest BCUT2D eigenvalue weighted by molar-refractivity contribution is 6.30. The van der Waals surface area contributed by atoms with Crippen LogP contribution in [0.3, 0.4) is 0 Å². The molecule has 2 fully saturated rings. The fourth-order valence-electron chi connectivity index (χ4n) is 4.04. The van der Waals surface area contributed by atoms with Crippen LogP contribution >= 0.6 is 11.6 Å². The first-order chi connectivity index (χ1) is 13.9. The zero-order valence-corrected chi connectivity index (χ0v) is 16.7. The van der Waals surface area contributed by atoms with Crippen molar-refractivity contribution in [3.05, 3.63) is 76.6 Å². The van der Waals surface area contributed by atoms with Crippen LogP contribution in [0.4, 0.5) is 4.39 Å². The summed E-state index contributed by atoms with van der Waals surface area (Å²) in [4.78, 5) is 28.6. The molecule has 0 N–H and O–H groups in total. The van der Waals surface area contributed by atoms with Gasteiger partial charge in [-0.3, -0.25) is 9.59 Å². The van der Waals surface area contributed by atoms with E-state index in [1.807, 2.05) is 21.9 Å². The molecule has 2 aromatic carbocycles. The van der Waals surface area contributed by atoms with E-state index in [2.05, 4.69) is 0 Å². The van der Waals surface area contributed by atoms with Crippen molar-refractivity contribution in [3.63, 3.8) is 0 Å². The molecule has 6 heteroatoms. The summed E-state index contributed by atoms with van der Waals surface area (Å²) >= 11 is 5.87. The lowest BCUT2D eigenvalue weighted by atomic mass is 9.72. The number of piperidine rings is 1. The number of halogens is 2. The van der Waals surface area contributed by atoms with E-state index in [1.54, 1.807) is 24.3 Å². The zero-order chi connectivity index (χ0) is 20.4. The fraction of sp³-hybridized carbons (Fsp3) is 0.304. The Bertz CT molecular complexity index is 924. The number of hydrogen-bond acceptors (Lipinski definition) is 2. The molecule has 4 nitrogen and oxygen atoms in total. The monoisotopic (exact) mass is 412 g/mol. The Balaban J connectivity index is 1.27. The molecule has 0 atom stereocenters. The predicted molar refractivity (Wildman–Crippen MR) is 111 cm³/mol. The van der Waals surface area contributed by atoms with Crippen molar-refractivity contribution < 1.29 is 14.0 Å². The van der Waals surface area contributed by atoms with Gasteiger partial charge < -0.3 is 9.80 Å². The molecule has 0 bridgehead atoms. The van der Waals surface area contributed by atoms with E-state index in [0.717, 1.165) is 31.5 Å². The summed E-state index contributed by atoms with van der Waals surface area (Å²) in [5.74, 6) is -0.392. The molecular formula is C23H22ClFN2O2. The van der Waals surface area contributed by atoms with Crippen LogP contribution in [0.1, 0.15) is 28.8 Å². The second-order valence-corrected chi connectivity index (χ2v) is 8.31. The van der Waals surface area contributed by atoms with E-state index >= 15 is 0 Å². The van der Waals surface area contributed by atoms with Gasteiger partial charge in [0.2, 0.25) is 5.91 Å². The molecule has 2 aliphatic rings. The second-order valence-electron chi connectivity index (χ2n) is 7.88. The first kappa shape index (κ1) is 19.6. The molecule has 29 heavy (non-hydrogen) atoms. The molecule has 4 rings (SSSR count). The van der Waals surface area contributed by atoms with Crippen LogP contribution in [0.5, 0.6) is 0 Å². The molecule has 0 unspecified atom stereocenters. The van der Waals surface area contributed by atoms with Crippen LogP contribution in [0.15, 0.2) is 54.6 Å². The number of likely N-dealkylation sites (tertiary alicyclic amines) is 2. The molecule has 0 aromatic heterocycles. The number of rotatable bonds is 3. The number of carbonyl (C=O) groups excluding carboxylic acids is 2. The van der Waals surface area contributed by atoms with Gasteiger partial charge in [0.05, 0.1) is 0 Å². The summed E-state index contributed by atoms with van der Waals surface area (Å²) in [6.45, 7) is 2.79. The minimum Gasteiger partial charge on any atom is -0.339 e. The number of nitrogens with zero attached hydrogens (tertiary/aromatic N) is 2. The predicted octanol–water partition coefficient (Wildman–Crippen LogP) is 4.26.